The number of carbonyl (C=O) groups is 3. The molecule has 162 valence electrons. The Kier molecular flexibility index (Phi) is 5.95. The van der Waals surface area contributed by atoms with Crippen molar-refractivity contribution in [3.05, 3.63) is 92.6 Å². The summed E-state index contributed by atoms with van der Waals surface area (Å²) in [6, 6.07) is 15.6. The van der Waals surface area contributed by atoms with E-state index in [1.165, 1.54) is 4.90 Å². The third-order valence-corrected chi connectivity index (χ3v) is 6.42. The first-order valence-electron chi connectivity index (χ1n) is 9.77. The molecule has 2 aromatic carbocycles. The van der Waals surface area contributed by atoms with Gasteiger partial charge in [0, 0.05) is 16.4 Å². The zero-order valence-electron chi connectivity index (χ0n) is 17.3. The first-order valence-corrected chi connectivity index (χ1v) is 11.0. The van der Waals surface area contributed by atoms with Gasteiger partial charge in [-0.3, -0.25) is 14.5 Å². The van der Waals surface area contributed by atoms with Crippen molar-refractivity contribution < 1.29 is 19.5 Å². The van der Waals surface area contributed by atoms with Gasteiger partial charge in [-0.05, 0) is 73.1 Å². The van der Waals surface area contributed by atoms with Gasteiger partial charge in [0.05, 0.1) is 22.7 Å². The van der Waals surface area contributed by atoms with Crippen LogP contribution < -0.4 is 0 Å². The molecule has 0 spiro atoms. The topological polar surface area (TPSA) is 79.6 Å². The van der Waals surface area contributed by atoms with E-state index in [1.54, 1.807) is 54.6 Å². The van der Waals surface area contributed by atoms with E-state index in [0.717, 1.165) is 34.3 Å². The predicted molar refractivity (Wildman–Crippen MR) is 125 cm³/mol. The van der Waals surface area contributed by atoms with E-state index in [9.17, 15) is 19.5 Å². The number of carbonyl (C=O) groups excluding carboxylic acids is 2. The molecule has 1 aromatic heterocycles. The van der Waals surface area contributed by atoms with Crippen LogP contribution in [0.3, 0.4) is 0 Å². The lowest BCUT2D eigenvalue weighted by Gasteiger charge is -2.13. The highest BCUT2D eigenvalue weighted by atomic mass is 35.5. The smallest absolute Gasteiger partial charge is 0.337 e. The molecule has 8 heteroatoms. The molecule has 1 fully saturated rings. The number of nitrogens with zero attached hydrogens (tertiary/aromatic N) is 2. The average molecular weight is 467 g/mol. The van der Waals surface area contributed by atoms with E-state index in [1.807, 2.05) is 24.5 Å². The number of carboxylic acid groups (broad SMARTS) is 1. The second-order valence-electron chi connectivity index (χ2n) is 7.38. The van der Waals surface area contributed by atoms with Gasteiger partial charge in [-0.15, -0.1) is 0 Å². The molecule has 4 rings (SSSR count). The third kappa shape index (κ3) is 4.09. The Balaban J connectivity index is 1.66. The highest BCUT2D eigenvalue weighted by Gasteiger charge is 2.35. The second-order valence-corrected chi connectivity index (χ2v) is 8.81. The van der Waals surface area contributed by atoms with Gasteiger partial charge < -0.3 is 9.67 Å². The number of amides is 2. The first-order chi connectivity index (χ1) is 15.3. The number of aryl methyl sites for hydroxylation is 1. The molecule has 0 bridgehead atoms. The van der Waals surface area contributed by atoms with Gasteiger partial charge >= 0.3 is 5.97 Å². The maximum atomic E-state index is 12.9. The lowest BCUT2D eigenvalue weighted by atomic mass is 10.1. The molecule has 1 aliphatic heterocycles. The van der Waals surface area contributed by atoms with Crippen LogP contribution in [-0.4, -0.2) is 31.7 Å². The van der Waals surface area contributed by atoms with E-state index in [4.69, 9.17) is 11.6 Å². The summed E-state index contributed by atoms with van der Waals surface area (Å²) in [5.41, 5.74) is 3.89. The minimum atomic E-state index is -1.02. The van der Waals surface area contributed by atoms with Gasteiger partial charge in [0.1, 0.15) is 0 Å². The molecule has 1 saturated heterocycles. The highest BCUT2D eigenvalue weighted by molar-refractivity contribution is 8.18. The standard InChI is InChI=1S/C24H19ClN2O4S/c1-14-11-17(15(2)27(14)20-6-4-3-5-19(20)23(29)30)12-21-22(28)26(24(31)32-21)13-16-7-9-18(25)10-8-16/h3-12H,13H2,1-2H3,(H,29,30)/b21-12-. The Hall–Kier alpha value is -3.29. The largest absolute Gasteiger partial charge is 0.478 e. The van der Waals surface area contributed by atoms with Crippen LogP contribution in [0.2, 0.25) is 5.02 Å². The molecule has 0 radical (unpaired) electrons. The minimum Gasteiger partial charge on any atom is -0.478 e. The van der Waals surface area contributed by atoms with Gasteiger partial charge in [0.15, 0.2) is 0 Å². The maximum absolute atomic E-state index is 12.9. The summed E-state index contributed by atoms with van der Waals surface area (Å²) in [7, 11) is 0. The zero-order chi connectivity index (χ0) is 23.0. The first kappa shape index (κ1) is 21.9. The molecule has 3 aromatic rings. The Labute approximate surface area is 194 Å². The van der Waals surface area contributed by atoms with Gasteiger partial charge in [0.2, 0.25) is 0 Å². The van der Waals surface area contributed by atoms with Crippen LogP contribution in [0.25, 0.3) is 11.8 Å². The molecular weight excluding hydrogens is 448 g/mol. The van der Waals surface area contributed by atoms with Crippen molar-refractivity contribution >= 4 is 46.6 Å². The number of hydrogen-bond donors (Lipinski definition) is 1. The van der Waals surface area contributed by atoms with Gasteiger partial charge in [-0.2, -0.15) is 0 Å². The molecule has 0 saturated carbocycles. The van der Waals surface area contributed by atoms with E-state index >= 15 is 0 Å². The van der Waals surface area contributed by atoms with Crippen molar-refractivity contribution in [3.8, 4) is 5.69 Å². The Morgan fingerprint density at radius 2 is 1.78 bits per heavy atom. The third-order valence-electron chi connectivity index (χ3n) is 5.26. The number of para-hydroxylation sites is 1. The molecular formula is C24H19ClN2O4S. The number of carboxylic acids is 1. The zero-order valence-corrected chi connectivity index (χ0v) is 18.9. The van der Waals surface area contributed by atoms with Crippen LogP contribution >= 0.6 is 23.4 Å². The molecule has 2 heterocycles. The highest BCUT2D eigenvalue weighted by Crippen LogP contribution is 2.35. The minimum absolute atomic E-state index is 0.171. The van der Waals surface area contributed by atoms with Gasteiger partial charge in [-0.1, -0.05) is 35.9 Å². The quantitative estimate of drug-likeness (QED) is 0.489. The molecule has 1 aliphatic rings. The fraction of sp³-hybridized carbons (Fsp3) is 0.125. The molecule has 6 nitrogen and oxygen atoms in total. The van der Waals surface area contributed by atoms with E-state index in [0.29, 0.717) is 15.6 Å². The number of thioether (sulfide) groups is 1. The molecule has 0 unspecified atom stereocenters. The summed E-state index contributed by atoms with van der Waals surface area (Å²) in [5, 5.41) is 9.80. The summed E-state index contributed by atoms with van der Waals surface area (Å²) < 4.78 is 1.84. The normalized spacial score (nSPS) is 15.1. The van der Waals surface area contributed by atoms with Crippen LogP contribution in [0.1, 0.15) is 32.9 Å². The molecule has 2 amide bonds. The Morgan fingerprint density at radius 3 is 2.47 bits per heavy atom. The fourth-order valence-electron chi connectivity index (χ4n) is 3.70. The summed E-state index contributed by atoms with van der Waals surface area (Å²) >= 11 is 6.80. The average Bonchev–Trinajstić information content (AvgIpc) is 3.18. The molecule has 1 N–H and O–H groups in total. The van der Waals surface area contributed by atoms with Crippen LogP contribution in [0, 0.1) is 13.8 Å². The monoisotopic (exact) mass is 466 g/mol. The molecule has 0 atom stereocenters. The van der Waals surface area contributed by atoms with Crippen LogP contribution in [0.4, 0.5) is 4.79 Å². The molecule has 32 heavy (non-hydrogen) atoms. The number of hydrogen-bond acceptors (Lipinski definition) is 4. The number of halogens is 1. The lowest BCUT2D eigenvalue weighted by Crippen LogP contribution is -2.27. The number of rotatable bonds is 5. The van der Waals surface area contributed by atoms with Crippen molar-refractivity contribution in [2.24, 2.45) is 0 Å². The maximum Gasteiger partial charge on any atom is 0.337 e. The van der Waals surface area contributed by atoms with E-state index in [-0.39, 0.29) is 23.3 Å². The SMILES string of the molecule is Cc1cc(/C=C2\SC(=O)N(Cc3ccc(Cl)cc3)C2=O)c(C)n1-c1ccccc1C(=O)O. The molecule has 0 aliphatic carbocycles. The van der Waals surface area contributed by atoms with E-state index in [2.05, 4.69) is 0 Å². The van der Waals surface area contributed by atoms with Crippen molar-refractivity contribution in [1.29, 1.82) is 0 Å². The Bertz CT molecular complexity index is 1280. The van der Waals surface area contributed by atoms with Gasteiger partial charge in [0.25, 0.3) is 11.1 Å². The number of imide groups is 1. The van der Waals surface area contributed by atoms with Crippen LogP contribution in [0.15, 0.2) is 59.5 Å². The van der Waals surface area contributed by atoms with Crippen LogP contribution in [0.5, 0.6) is 0 Å². The lowest BCUT2D eigenvalue weighted by molar-refractivity contribution is -0.123. The Morgan fingerprint density at radius 1 is 1.09 bits per heavy atom. The van der Waals surface area contributed by atoms with Crippen molar-refractivity contribution in [2.75, 3.05) is 0 Å². The second kappa shape index (κ2) is 8.68. The van der Waals surface area contributed by atoms with Gasteiger partial charge in [-0.25, -0.2) is 4.79 Å². The fourth-order valence-corrected chi connectivity index (χ4v) is 4.66. The van der Waals surface area contributed by atoms with Crippen molar-refractivity contribution in [2.45, 2.75) is 20.4 Å². The summed E-state index contributed by atoms with van der Waals surface area (Å²) in [6.45, 7) is 3.90. The number of aromatic nitrogens is 1. The van der Waals surface area contributed by atoms with Crippen LogP contribution in [-0.2, 0) is 11.3 Å². The summed E-state index contributed by atoms with van der Waals surface area (Å²) in [5.74, 6) is -1.37. The predicted octanol–water partition coefficient (Wildman–Crippen LogP) is 5.68. The van der Waals surface area contributed by atoms with Crippen molar-refractivity contribution in [1.82, 2.24) is 9.47 Å². The summed E-state index contributed by atoms with van der Waals surface area (Å²) in [6.07, 6.45) is 1.69. The number of aromatic carboxylic acids is 1. The van der Waals surface area contributed by atoms with E-state index < -0.39 is 5.97 Å². The summed E-state index contributed by atoms with van der Waals surface area (Å²) in [4.78, 5) is 38.6. The number of benzene rings is 2. The van der Waals surface area contributed by atoms with Crippen molar-refractivity contribution in [3.63, 3.8) is 0 Å².